The van der Waals surface area contributed by atoms with Crippen molar-refractivity contribution in [2.24, 2.45) is 0 Å². The highest BCUT2D eigenvalue weighted by atomic mass is 79.9. The molecule has 0 saturated carbocycles. The van der Waals surface area contributed by atoms with Crippen LogP contribution in [0.2, 0.25) is 0 Å². The van der Waals surface area contributed by atoms with E-state index in [9.17, 15) is 9.59 Å². The number of ether oxygens (including phenoxy) is 1. The van der Waals surface area contributed by atoms with Crippen molar-refractivity contribution < 1.29 is 19.4 Å². The van der Waals surface area contributed by atoms with Gasteiger partial charge in [-0.25, -0.2) is 4.79 Å². The van der Waals surface area contributed by atoms with E-state index in [-0.39, 0.29) is 23.6 Å². The number of hydrogen-bond acceptors (Lipinski definition) is 3. The fraction of sp³-hybridized carbons (Fsp3) is 0.273. The third-order valence-electron chi connectivity index (χ3n) is 2.04. The van der Waals surface area contributed by atoms with Gasteiger partial charge in [-0.3, -0.25) is 4.79 Å². The molecular weight excluding hydrogens is 290 g/mol. The highest BCUT2D eigenvalue weighted by molar-refractivity contribution is 9.10. The van der Waals surface area contributed by atoms with E-state index in [1.54, 1.807) is 12.1 Å². The van der Waals surface area contributed by atoms with Gasteiger partial charge in [-0.1, -0.05) is 6.07 Å². The molecule has 17 heavy (non-hydrogen) atoms. The number of nitrogens with one attached hydrogen (secondary N) is 1. The summed E-state index contributed by atoms with van der Waals surface area (Å²) in [5.41, 5.74) is 0.311. The minimum atomic E-state index is -1.09. The summed E-state index contributed by atoms with van der Waals surface area (Å²) in [5, 5.41) is 11.5. The minimum absolute atomic E-state index is 0.0464. The Morgan fingerprint density at radius 3 is 2.76 bits per heavy atom. The van der Waals surface area contributed by atoms with Gasteiger partial charge in [-0.05, 0) is 28.1 Å². The summed E-state index contributed by atoms with van der Waals surface area (Å²) in [6, 6.07) is 4.69. The Kier molecular flexibility index (Phi) is 5.11. The van der Waals surface area contributed by atoms with Gasteiger partial charge in [-0.2, -0.15) is 0 Å². The topological polar surface area (TPSA) is 75.6 Å². The van der Waals surface area contributed by atoms with Crippen molar-refractivity contribution in [3.63, 3.8) is 0 Å². The molecule has 0 saturated heterocycles. The second-order valence-corrected chi connectivity index (χ2v) is 4.11. The number of amides is 1. The Morgan fingerprint density at radius 2 is 2.18 bits per heavy atom. The lowest BCUT2D eigenvalue weighted by molar-refractivity contribution is -0.117. The summed E-state index contributed by atoms with van der Waals surface area (Å²) in [5.74, 6) is -1.38. The molecule has 0 aromatic heterocycles. The Balaban J connectivity index is 2.89. The molecule has 0 spiro atoms. The molecule has 0 fully saturated rings. The average Bonchev–Trinajstić information content (AvgIpc) is 2.28. The van der Waals surface area contributed by atoms with Crippen LogP contribution in [-0.4, -0.2) is 30.7 Å². The number of carboxylic acids is 1. The third-order valence-corrected chi connectivity index (χ3v) is 2.70. The molecule has 6 heteroatoms. The smallest absolute Gasteiger partial charge is 0.337 e. The Bertz CT molecular complexity index is 433. The second kappa shape index (κ2) is 6.36. The summed E-state index contributed by atoms with van der Waals surface area (Å²) in [7, 11) is 1.49. The van der Waals surface area contributed by atoms with Crippen molar-refractivity contribution in [1.29, 1.82) is 0 Å². The van der Waals surface area contributed by atoms with Crippen molar-refractivity contribution in [1.82, 2.24) is 0 Å². The Labute approximate surface area is 107 Å². The predicted octanol–water partition coefficient (Wildman–Crippen LogP) is 2.12. The van der Waals surface area contributed by atoms with Gasteiger partial charge in [0.1, 0.15) is 0 Å². The first kappa shape index (κ1) is 13.7. The summed E-state index contributed by atoms with van der Waals surface area (Å²) in [4.78, 5) is 22.5. The van der Waals surface area contributed by atoms with E-state index in [2.05, 4.69) is 21.2 Å². The molecule has 0 aliphatic heterocycles. The molecule has 0 unspecified atom stereocenters. The lowest BCUT2D eigenvalue weighted by Gasteiger charge is -2.10. The van der Waals surface area contributed by atoms with Crippen LogP contribution in [0.5, 0.6) is 0 Å². The molecule has 1 aromatic rings. The van der Waals surface area contributed by atoms with E-state index in [0.29, 0.717) is 11.1 Å². The van der Waals surface area contributed by atoms with Gasteiger partial charge in [-0.15, -0.1) is 0 Å². The molecule has 1 aromatic carbocycles. The van der Waals surface area contributed by atoms with Gasteiger partial charge in [0.25, 0.3) is 0 Å². The zero-order valence-electron chi connectivity index (χ0n) is 9.20. The number of carboxylic acid groups (broad SMARTS) is 1. The number of carbonyl (C=O) groups excluding carboxylic acids is 1. The molecule has 0 aliphatic rings. The lowest BCUT2D eigenvalue weighted by Crippen LogP contribution is -2.16. The van der Waals surface area contributed by atoms with Gasteiger partial charge >= 0.3 is 5.97 Å². The predicted molar refractivity (Wildman–Crippen MR) is 66.2 cm³/mol. The van der Waals surface area contributed by atoms with Gasteiger partial charge < -0.3 is 15.2 Å². The molecule has 1 rings (SSSR count). The zero-order chi connectivity index (χ0) is 12.8. The maximum Gasteiger partial charge on any atom is 0.337 e. The van der Waals surface area contributed by atoms with Crippen molar-refractivity contribution in [3.8, 4) is 0 Å². The number of benzene rings is 1. The second-order valence-electron chi connectivity index (χ2n) is 3.26. The van der Waals surface area contributed by atoms with E-state index in [1.807, 2.05) is 0 Å². The normalized spacial score (nSPS) is 10.0. The van der Waals surface area contributed by atoms with Crippen LogP contribution in [-0.2, 0) is 9.53 Å². The standard InChI is InChI=1S/C11H12BrNO4/c1-17-6-5-9(14)13-10-7(11(15)16)3-2-4-8(10)12/h2-4H,5-6H2,1H3,(H,13,14)(H,15,16). The first-order valence-electron chi connectivity index (χ1n) is 4.87. The SMILES string of the molecule is COCCC(=O)Nc1c(Br)cccc1C(=O)O. The van der Waals surface area contributed by atoms with Gasteiger partial charge in [0, 0.05) is 11.6 Å². The first-order valence-corrected chi connectivity index (χ1v) is 5.66. The van der Waals surface area contributed by atoms with Crippen LogP contribution in [0.25, 0.3) is 0 Å². The number of carbonyl (C=O) groups is 2. The van der Waals surface area contributed by atoms with Crippen LogP contribution in [0.15, 0.2) is 22.7 Å². The van der Waals surface area contributed by atoms with Crippen LogP contribution in [0.3, 0.4) is 0 Å². The van der Waals surface area contributed by atoms with Crippen molar-refractivity contribution in [2.75, 3.05) is 19.0 Å². The molecule has 92 valence electrons. The molecule has 0 bridgehead atoms. The summed E-state index contributed by atoms with van der Waals surface area (Å²) in [6.45, 7) is 0.290. The molecule has 0 heterocycles. The van der Waals surface area contributed by atoms with Crippen LogP contribution in [0.1, 0.15) is 16.8 Å². The quantitative estimate of drug-likeness (QED) is 0.873. The highest BCUT2D eigenvalue weighted by Crippen LogP contribution is 2.26. The molecule has 0 atom stereocenters. The Hall–Kier alpha value is -1.40. The third kappa shape index (κ3) is 3.83. The van der Waals surface area contributed by atoms with Crippen LogP contribution in [0.4, 0.5) is 5.69 Å². The molecule has 2 N–H and O–H groups in total. The maximum atomic E-state index is 11.5. The number of para-hydroxylation sites is 1. The van der Waals surface area contributed by atoms with Gasteiger partial charge in [0.05, 0.1) is 24.3 Å². The minimum Gasteiger partial charge on any atom is -0.478 e. The van der Waals surface area contributed by atoms with Crippen molar-refractivity contribution >= 4 is 33.5 Å². The summed E-state index contributed by atoms with van der Waals surface area (Å²) < 4.78 is 5.30. The largest absolute Gasteiger partial charge is 0.478 e. The first-order chi connectivity index (χ1) is 8.06. The van der Waals surface area contributed by atoms with Crippen molar-refractivity contribution in [2.45, 2.75) is 6.42 Å². The van der Waals surface area contributed by atoms with Crippen LogP contribution in [0, 0.1) is 0 Å². The molecular formula is C11H12BrNO4. The number of halogens is 1. The van der Waals surface area contributed by atoms with Gasteiger partial charge in [0.15, 0.2) is 0 Å². The number of methoxy groups -OCH3 is 1. The average molecular weight is 302 g/mol. The molecule has 0 radical (unpaired) electrons. The van der Waals surface area contributed by atoms with E-state index < -0.39 is 5.97 Å². The number of hydrogen-bond donors (Lipinski definition) is 2. The fourth-order valence-corrected chi connectivity index (χ4v) is 1.69. The van der Waals surface area contributed by atoms with E-state index >= 15 is 0 Å². The van der Waals surface area contributed by atoms with E-state index in [0.717, 1.165) is 0 Å². The van der Waals surface area contributed by atoms with E-state index in [1.165, 1.54) is 13.2 Å². The lowest BCUT2D eigenvalue weighted by atomic mass is 10.2. The van der Waals surface area contributed by atoms with Crippen LogP contribution < -0.4 is 5.32 Å². The zero-order valence-corrected chi connectivity index (χ0v) is 10.8. The number of rotatable bonds is 5. The molecule has 1 amide bonds. The number of anilines is 1. The van der Waals surface area contributed by atoms with Gasteiger partial charge in [0.2, 0.25) is 5.91 Å². The van der Waals surface area contributed by atoms with Crippen molar-refractivity contribution in [3.05, 3.63) is 28.2 Å². The number of aromatic carboxylic acids is 1. The van der Waals surface area contributed by atoms with Crippen LogP contribution >= 0.6 is 15.9 Å². The summed E-state index contributed by atoms with van der Waals surface area (Å²) >= 11 is 3.20. The summed E-state index contributed by atoms with van der Waals surface area (Å²) in [6.07, 6.45) is 0.177. The van der Waals surface area contributed by atoms with E-state index in [4.69, 9.17) is 9.84 Å². The highest BCUT2D eigenvalue weighted by Gasteiger charge is 2.14. The Morgan fingerprint density at radius 1 is 1.47 bits per heavy atom. The molecule has 5 nitrogen and oxygen atoms in total. The monoisotopic (exact) mass is 301 g/mol. The fourth-order valence-electron chi connectivity index (χ4n) is 1.23. The maximum absolute atomic E-state index is 11.5. The molecule has 0 aliphatic carbocycles.